The summed E-state index contributed by atoms with van der Waals surface area (Å²) in [5, 5.41) is 3.01. The van der Waals surface area contributed by atoms with Crippen LogP contribution < -0.4 is 5.32 Å². The van der Waals surface area contributed by atoms with Crippen molar-refractivity contribution in [1.29, 1.82) is 0 Å². The van der Waals surface area contributed by atoms with Gasteiger partial charge in [0.2, 0.25) is 5.91 Å². The third-order valence-electron chi connectivity index (χ3n) is 4.58. The molecule has 0 aromatic heterocycles. The van der Waals surface area contributed by atoms with Crippen molar-refractivity contribution in [2.75, 3.05) is 26.3 Å². The number of nitrogens with zero attached hydrogens (tertiary/aromatic N) is 1. The lowest BCUT2D eigenvalue weighted by atomic mass is 10.0. The Kier molecular flexibility index (Phi) is 5.65. The number of hydrogen-bond donors (Lipinski definition) is 1. The first kappa shape index (κ1) is 16.4. The molecule has 2 aliphatic heterocycles. The van der Waals surface area contributed by atoms with Gasteiger partial charge in [-0.25, -0.2) is 0 Å². The van der Waals surface area contributed by atoms with Gasteiger partial charge in [0.05, 0.1) is 25.8 Å². The Labute approximate surface area is 137 Å². The number of nitrogens with one attached hydrogen (secondary N) is 1. The molecule has 1 amide bonds. The van der Waals surface area contributed by atoms with Gasteiger partial charge in [0.25, 0.3) is 0 Å². The zero-order chi connectivity index (χ0) is 16.1. The van der Waals surface area contributed by atoms with Gasteiger partial charge >= 0.3 is 0 Å². The van der Waals surface area contributed by atoms with Gasteiger partial charge in [-0.3, -0.25) is 9.69 Å². The summed E-state index contributed by atoms with van der Waals surface area (Å²) < 4.78 is 11.3. The van der Waals surface area contributed by atoms with Crippen molar-refractivity contribution >= 4 is 5.91 Å². The summed E-state index contributed by atoms with van der Waals surface area (Å²) in [4.78, 5) is 14.5. The van der Waals surface area contributed by atoms with Crippen LogP contribution in [0.3, 0.4) is 0 Å². The first-order valence-corrected chi connectivity index (χ1v) is 8.52. The summed E-state index contributed by atoms with van der Waals surface area (Å²) in [7, 11) is 0. The molecule has 0 bridgehead atoms. The molecule has 1 aromatic rings. The number of amides is 1. The summed E-state index contributed by atoms with van der Waals surface area (Å²) in [6, 6.07) is 8.45. The molecule has 126 valence electrons. The van der Waals surface area contributed by atoms with Crippen LogP contribution in [0, 0.1) is 6.92 Å². The van der Waals surface area contributed by atoms with Crippen molar-refractivity contribution in [3.63, 3.8) is 0 Å². The fourth-order valence-corrected chi connectivity index (χ4v) is 3.27. The van der Waals surface area contributed by atoms with E-state index in [0.29, 0.717) is 26.3 Å². The summed E-state index contributed by atoms with van der Waals surface area (Å²) in [6.45, 7) is 5.31. The van der Waals surface area contributed by atoms with E-state index < -0.39 is 0 Å². The van der Waals surface area contributed by atoms with E-state index in [4.69, 9.17) is 9.47 Å². The van der Waals surface area contributed by atoms with E-state index in [1.54, 1.807) is 0 Å². The Morgan fingerprint density at radius 3 is 2.70 bits per heavy atom. The van der Waals surface area contributed by atoms with Crippen LogP contribution in [0.5, 0.6) is 0 Å². The van der Waals surface area contributed by atoms with E-state index >= 15 is 0 Å². The summed E-state index contributed by atoms with van der Waals surface area (Å²) in [6.07, 6.45) is 3.18. The molecule has 2 fully saturated rings. The molecule has 0 saturated carbocycles. The van der Waals surface area contributed by atoms with Gasteiger partial charge in [0.1, 0.15) is 0 Å². The highest BCUT2D eigenvalue weighted by Crippen LogP contribution is 2.24. The average Bonchev–Trinajstić information content (AvgIpc) is 3.09. The molecule has 3 rings (SSSR count). The molecule has 1 unspecified atom stereocenters. The van der Waals surface area contributed by atoms with Crippen LogP contribution >= 0.6 is 0 Å². The number of aryl methyl sites for hydroxylation is 1. The van der Waals surface area contributed by atoms with Crippen LogP contribution in [-0.4, -0.2) is 49.4 Å². The molecule has 0 radical (unpaired) electrons. The zero-order valence-electron chi connectivity index (χ0n) is 13.8. The summed E-state index contributed by atoms with van der Waals surface area (Å²) >= 11 is 0. The van der Waals surface area contributed by atoms with Gasteiger partial charge in [-0.05, 0) is 31.9 Å². The van der Waals surface area contributed by atoms with Crippen LogP contribution in [0.1, 0.15) is 30.4 Å². The molecule has 23 heavy (non-hydrogen) atoms. The number of hydrogen-bond acceptors (Lipinski definition) is 4. The standard InChI is InChI=1S/C18H26N2O3/c1-14-5-7-15(8-6-14)12-19-17(21)13-20-9-3-2-4-16(20)18-22-10-11-23-18/h5-8,16,18H,2-4,9-13H2,1H3,(H,19,21). The Hall–Kier alpha value is -1.43. The molecule has 2 saturated heterocycles. The zero-order valence-corrected chi connectivity index (χ0v) is 13.8. The predicted molar refractivity (Wildman–Crippen MR) is 87.9 cm³/mol. The minimum atomic E-state index is -0.166. The molecule has 2 heterocycles. The monoisotopic (exact) mass is 318 g/mol. The number of rotatable bonds is 5. The van der Waals surface area contributed by atoms with E-state index in [0.717, 1.165) is 24.9 Å². The molecule has 1 N–H and O–H groups in total. The fourth-order valence-electron chi connectivity index (χ4n) is 3.27. The van der Waals surface area contributed by atoms with Crippen LogP contribution in [0.2, 0.25) is 0 Å². The van der Waals surface area contributed by atoms with E-state index in [2.05, 4.69) is 41.4 Å². The van der Waals surface area contributed by atoms with Gasteiger partial charge in [0, 0.05) is 6.54 Å². The van der Waals surface area contributed by atoms with Gasteiger partial charge in [-0.2, -0.15) is 0 Å². The van der Waals surface area contributed by atoms with Crippen LogP contribution in [0.15, 0.2) is 24.3 Å². The lowest BCUT2D eigenvalue weighted by molar-refractivity contribution is -0.131. The van der Waals surface area contributed by atoms with Crippen molar-refractivity contribution in [1.82, 2.24) is 10.2 Å². The highest BCUT2D eigenvalue weighted by molar-refractivity contribution is 5.78. The van der Waals surface area contributed by atoms with E-state index in [1.807, 2.05) is 0 Å². The minimum Gasteiger partial charge on any atom is -0.351 e. The van der Waals surface area contributed by atoms with Gasteiger partial charge in [0.15, 0.2) is 6.29 Å². The van der Waals surface area contributed by atoms with Crippen molar-refractivity contribution in [2.45, 2.75) is 45.1 Å². The van der Waals surface area contributed by atoms with E-state index in [-0.39, 0.29) is 18.2 Å². The number of carbonyl (C=O) groups is 1. The van der Waals surface area contributed by atoms with Crippen LogP contribution in [-0.2, 0) is 20.8 Å². The summed E-state index contributed by atoms with van der Waals surface area (Å²) in [5.41, 5.74) is 2.36. The Morgan fingerprint density at radius 1 is 1.22 bits per heavy atom. The lowest BCUT2D eigenvalue weighted by Gasteiger charge is -2.37. The molecule has 1 atom stereocenters. The topological polar surface area (TPSA) is 50.8 Å². The Balaban J connectivity index is 1.50. The normalized spacial score (nSPS) is 23.1. The number of ether oxygens (including phenoxy) is 2. The fraction of sp³-hybridized carbons (Fsp3) is 0.611. The number of piperidine rings is 1. The maximum absolute atomic E-state index is 12.3. The predicted octanol–water partition coefficient (Wildman–Crippen LogP) is 1.84. The summed E-state index contributed by atoms with van der Waals surface area (Å²) in [5.74, 6) is 0.0653. The molecular formula is C18H26N2O3. The molecule has 0 spiro atoms. The first-order valence-electron chi connectivity index (χ1n) is 8.52. The molecule has 5 nitrogen and oxygen atoms in total. The van der Waals surface area contributed by atoms with Crippen molar-refractivity contribution in [3.05, 3.63) is 35.4 Å². The number of carbonyl (C=O) groups excluding carboxylic acids is 1. The highest BCUT2D eigenvalue weighted by atomic mass is 16.7. The van der Waals surface area contributed by atoms with E-state index in [1.165, 1.54) is 12.0 Å². The van der Waals surface area contributed by atoms with Gasteiger partial charge in [-0.15, -0.1) is 0 Å². The first-order chi connectivity index (χ1) is 11.2. The second-order valence-corrected chi connectivity index (χ2v) is 6.41. The Bertz CT molecular complexity index is 512. The van der Waals surface area contributed by atoms with Crippen molar-refractivity contribution in [2.24, 2.45) is 0 Å². The molecule has 0 aliphatic carbocycles. The quantitative estimate of drug-likeness (QED) is 0.900. The third kappa shape index (κ3) is 4.53. The van der Waals surface area contributed by atoms with Crippen LogP contribution in [0.4, 0.5) is 0 Å². The van der Waals surface area contributed by atoms with Gasteiger partial charge < -0.3 is 14.8 Å². The van der Waals surface area contributed by atoms with E-state index in [9.17, 15) is 4.79 Å². The lowest BCUT2D eigenvalue weighted by Crippen LogP contribution is -2.50. The van der Waals surface area contributed by atoms with Crippen LogP contribution in [0.25, 0.3) is 0 Å². The second kappa shape index (κ2) is 7.90. The average molecular weight is 318 g/mol. The second-order valence-electron chi connectivity index (χ2n) is 6.41. The minimum absolute atomic E-state index is 0.0653. The van der Waals surface area contributed by atoms with Crippen molar-refractivity contribution < 1.29 is 14.3 Å². The molecule has 2 aliphatic rings. The maximum atomic E-state index is 12.3. The molecule has 5 heteroatoms. The van der Waals surface area contributed by atoms with Crippen molar-refractivity contribution in [3.8, 4) is 0 Å². The highest BCUT2D eigenvalue weighted by Gasteiger charge is 2.34. The number of benzene rings is 1. The largest absolute Gasteiger partial charge is 0.351 e. The smallest absolute Gasteiger partial charge is 0.234 e. The maximum Gasteiger partial charge on any atom is 0.234 e. The van der Waals surface area contributed by atoms with Gasteiger partial charge in [-0.1, -0.05) is 36.2 Å². The third-order valence-corrected chi connectivity index (χ3v) is 4.58. The molecule has 1 aromatic carbocycles. The Morgan fingerprint density at radius 2 is 1.96 bits per heavy atom. The SMILES string of the molecule is Cc1ccc(CNC(=O)CN2CCCCC2C2OCCO2)cc1. The molecular weight excluding hydrogens is 292 g/mol. The number of likely N-dealkylation sites (tertiary alicyclic amines) is 1.